The SMILES string of the molecule is CN=C(NCc1cc(Cl)c(Cl)n1C)NCC(c1cccc(OC)c1)N(C)C.I. The maximum absolute atomic E-state index is 6.12. The smallest absolute Gasteiger partial charge is 0.191 e. The third kappa shape index (κ3) is 6.43. The average molecular weight is 540 g/mol. The summed E-state index contributed by atoms with van der Waals surface area (Å²) >= 11 is 12.2. The Balaban J connectivity index is 0.00000392. The fourth-order valence-electron chi connectivity index (χ4n) is 2.79. The van der Waals surface area contributed by atoms with Gasteiger partial charge < -0.3 is 24.8 Å². The van der Waals surface area contributed by atoms with E-state index in [0.717, 1.165) is 11.4 Å². The van der Waals surface area contributed by atoms with Crippen molar-refractivity contribution in [1.29, 1.82) is 0 Å². The molecule has 0 saturated carbocycles. The van der Waals surface area contributed by atoms with Gasteiger partial charge in [-0.1, -0.05) is 35.3 Å². The Hall–Kier alpha value is -1.16. The zero-order valence-corrected chi connectivity index (χ0v) is 20.6. The van der Waals surface area contributed by atoms with Crippen LogP contribution in [0.5, 0.6) is 5.75 Å². The molecule has 0 aliphatic heterocycles. The molecule has 1 heterocycles. The number of aromatic nitrogens is 1. The van der Waals surface area contributed by atoms with Gasteiger partial charge in [-0.15, -0.1) is 24.0 Å². The van der Waals surface area contributed by atoms with E-state index in [9.17, 15) is 0 Å². The number of aliphatic imine (C=N–C) groups is 1. The minimum absolute atomic E-state index is 0. The van der Waals surface area contributed by atoms with Gasteiger partial charge in [-0.05, 0) is 37.9 Å². The van der Waals surface area contributed by atoms with Gasteiger partial charge in [-0.2, -0.15) is 0 Å². The van der Waals surface area contributed by atoms with Gasteiger partial charge in [0.2, 0.25) is 0 Å². The van der Waals surface area contributed by atoms with Gasteiger partial charge in [0.05, 0.1) is 24.7 Å². The number of likely N-dealkylation sites (N-methyl/N-ethyl adjacent to an activating group) is 1. The number of hydrogen-bond donors (Lipinski definition) is 2. The van der Waals surface area contributed by atoms with Crippen LogP contribution in [0.3, 0.4) is 0 Å². The van der Waals surface area contributed by atoms with Gasteiger partial charge in [-0.3, -0.25) is 4.99 Å². The number of guanidine groups is 1. The number of hydrogen-bond acceptors (Lipinski definition) is 3. The predicted octanol–water partition coefficient (Wildman–Crippen LogP) is 3.93. The van der Waals surface area contributed by atoms with Gasteiger partial charge in [-0.25, -0.2) is 0 Å². The maximum Gasteiger partial charge on any atom is 0.191 e. The number of ether oxygens (including phenoxy) is 1. The Bertz CT molecular complexity index is 795. The minimum atomic E-state index is 0. The number of benzene rings is 1. The Morgan fingerprint density at radius 3 is 2.50 bits per heavy atom. The Morgan fingerprint density at radius 2 is 1.96 bits per heavy atom. The van der Waals surface area contributed by atoms with Crippen LogP contribution in [0.4, 0.5) is 0 Å². The van der Waals surface area contributed by atoms with Crippen molar-refractivity contribution in [2.45, 2.75) is 12.6 Å². The number of methoxy groups -OCH3 is 1. The molecule has 6 nitrogen and oxygen atoms in total. The fraction of sp³-hybridized carbons (Fsp3) is 0.421. The highest BCUT2D eigenvalue weighted by atomic mass is 127. The lowest BCUT2D eigenvalue weighted by Gasteiger charge is -2.26. The molecule has 156 valence electrons. The molecule has 0 radical (unpaired) electrons. The van der Waals surface area contributed by atoms with Crippen LogP contribution in [-0.2, 0) is 13.6 Å². The predicted molar refractivity (Wildman–Crippen MR) is 128 cm³/mol. The lowest BCUT2D eigenvalue weighted by Crippen LogP contribution is -2.41. The zero-order chi connectivity index (χ0) is 20.0. The van der Waals surface area contributed by atoms with Crippen LogP contribution in [0.25, 0.3) is 0 Å². The van der Waals surface area contributed by atoms with Crippen LogP contribution >= 0.6 is 47.2 Å². The van der Waals surface area contributed by atoms with E-state index in [4.69, 9.17) is 27.9 Å². The number of rotatable bonds is 7. The molecule has 0 spiro atoms. The summed E-state index contributed by atoms with van der Waals surface area (Å²) < 4.78 is 7.19. The highest BCUT2D eigenvalue weighted by Crippen LogP contribution is 2.25. The van der Waals surface area contributed by atoms with Crippen molar-refractivity contribution < 1.29 is 4.74 Å². The molecule has 0 bridgehead atoms. The van der Waals surface area contributed by atoms with Crippen LogP contribution in [0.15, 0.2) is 35.3 Å². The van der Waals surface area contributed by atoms with Crippen LogP contribution in [0, 0.1) is 0 Å². The molecular formula is C19H28Cl2IN5O. The molecule has 9 heteroatoms. The minimum Gasteiger partial charge on any atom is -0.497 e. The third-order valence-corrected chi connectivity index (χ3v) is 5.28. The molecular weight excluding hydrogens is 512 g/mol. The summed E-state index contributed by atoms with van der Waals surface area (Å²) in [6, 6.07) is 10.1. The van der Waals surface area contributed by atoms with E-state index in [1.807, 2.05) is 29.8 Å². The van der Waals surface area contributed by atoms with Crippen molar-refractivity contribution in [3.63, 3.8) is 0 Å². The highest BCUT2D eigenvalue weighted by Gasteiger charge is 2.16. The summed E-state index contributed by atoms with van der Waals surface area (Å²) in [6.45, 7) is 1.25. The number of nitrogens with one attached hydrogen (secondary N) is 2. The molecule has 2 aromatic rings. The van der Waals surface area contributed by atoms with E-state index in [0.29, 0.717) is 29.2 Å². The summed E-state index contributed by atoms with van der Waals surface area (Å²) in [5.74, 6) is 1.55. The van der Waals surface area contributed by atoms with E-state index in [1.54, 1.807) is 14.2 Å². The zero-order valence-electron chi connectivity index (χ0n) is 16.8. The molecule has 1 aromatic heterocycles. The fourth-order valence-corrected chi connectivity index (χ4v) is 3.21. The lowest BCUT2D eigenvalue weighted by atomic mass is 10.1. The quantitative estimate of drug-likeness (QED) is 0.318. The topological polar surface area (TPSA) is 53.8 Å². The monoisotopic (exact) mass is 539 g/mol. The molecule has 0 aliphatic rings. The third-order valence-electron chi connectivity index (χ3n) is 4.44. The summed E-state index contributed by atoms with van der Waals surface area (Å²) in [5.41, 5.74) is 2.15. The second-order valence-electron chi connectivity index (χ2n) is 6.40. The van der Waals surface area contributed by atoms with E-state index >= 15 is 0 Å². The summed E-state index contributed by atoms with van der Waals surface area (Å²) in [5, 5.41) is 7.75. The van der Waals surface area contributed by atoms with Gasteiger partial charge >= 0.3 is 0 Å². The Kier molecular flexibility index (Phi) is 10.4. The van der Waals surface area contributed by atoms with Crippen LogP contribution in [0.1, 0.15) is 17.3 Å². The van der Waals surface area contributed by atoms with Crippen molar-refractivity contribution in [1.82, 2.24) is 20.1 Å². The van der Waals surface area contributed by atoms with Crippen molar-refractivity contribution in [3.8, 4) is 5.75 Å². The van der Waals surface area contributed by atoms with Gasteiger partial charge in [0.25, 0.3) is 0 Å². The second kappa shape index (κ2) is 11.7. The first-order valence-corrected chi connectivity index (χ1v) is 9.37. The van der Waals surface area contributed by atoms with Gasteiger partial charge in [0.15, 0.2) is 5.96 Å². The molecule has 2 N–H and O–H groups in total. The first-order chi connectivity index (χ1) is 12.9. The molecule has 0 fully saturated rings. The molecule has 1 aromatic carbocycles. The summed E-state index contributed by atoms with van der Waals surface area (Å²) in [4.78, 5) is 6.46. The molecule has 28 heavy (non-hydrogen) atoms. The second-order valence-corrected chi connectivity index (χ2v) is 7.16. The first-order valence-electron chi connectivity index (χ1n) is 8.61. The molecule has 0 aliphatic carbocycles. The molecule has 2 rings (SSSR count). The van der Waals surface area contributed by atoms with Crippen molar-refractivity contribution in [3.05, 3.63) is 51.8 Å². The number of nitrogens with zero attached hydrogens (tertiary/aromatic N) is 3. The van der Waals surface area contributed by atoms with Gasteiger partial charge in [0.1, 0.15) is 10.9 Å². The van der Waals surface area contributed by atoms with Crippen molar-refractivity contribution in [2.75, 3.05) is 34.8 Å². The Morgan fingerprint density at radius 1 is 1.25 bits per heavy atom. The molecule has 1 atom stereocenters. The molecule has 1 unspecified atom stereocenters. The maximum atomic E-state index is 6.12. The first kappa shape index (κ1) is 24.9. The highest BCUT2D eigenvalue weighted by molar-refractivity contribution is 14.0. The van der Waals surface area contributed by atoms with Crippen LogP contribution in [0.2, 0.25) is 10.2 Å². The lowest BCUT2D eigenvalue weighted by molar-refractivity contribution is 0.297. The van der Waals surface area contributed by atoms with Crippen LogP contribution in [-0.4, -0.2) is 50.2 Å². The van der Waals surface area contributed by atoms with Crippen molar-refractivity contribution >= 4 is 53.1 Å². The van der Waals surface area contributed by atoms with Crippen LogP contribution < -0.4 is 15.4 Å². The standard InChI is InChI=1S/C19H27Cl2N5O.HI/c1-22-19(23-11-14-10-16(20)18(21)26(14)4)24-12-17(25(2)3)13-7-6-8-15(9-13)27-5;/h6-10,17H,11-12H2,1-5H3,(H2,22,23,24);1H. The average Bonchev–Trinajstić information content (AvgIpc) is 2.91. The Labute approximate surface area is 194 Å². The number of halogens is 3. The van der Waals surface area contributed by atoms with E-state index < -0.39 is 0 Å². The summed E-state index contributed by atoms with van der Waals surface area (Å²) in [6.07, 6.45) is 0. The van der Waals surface area contributed by atoms with Crippen molar-refractivity contribution in [2.24, 2.45) is 12.0 Å². The van der Waals surface area contributed by atoms with E-state index in [1.165, 1.54) is 5.56 Å². The molecule has 0 saturated heterocycles. The largest absolute Gasteiger partial charge is 0.497 e. The normalized spacial score (nSPS) is 12.5. The van der Waals surface area contributed by atoms with E-state index in [2.05, 4.69) is 46.8 Å². The summed E-state index contributed by atoms with van der Waals surface area (Å²) in [7, 11) is 9.41. The van der Waals surface area contributed by atoms with Gasteiger partial charge in [0, 0.05) is 26.3 Å². The van der Waals surface area contributed by atoms with E-state index in [-0.39, 0.29) is 30.0 Å². The molecule has 0 amide bonds.